The quantitative estimate of drug-likeness (QED) is 0.652. The molecule has 2 aromatic heterocycles. The summed E-state index contributed by atoms with van der Waals surface area (Å²) in [5.74, 6) is -1.31. The van der Waals surface area contributed by atoms with Crippen LogP contribution in [-0.2, 0) is 17.5 Å². The maximum absolute atomic E-state index is 13.4. The Hall–Kier alpha value is -2.88. The molecular weight excluding hydrogens is 402 g/mol. The summed E-state index contributed by atoms with van der Waals surface area (Å²) in [5.41, 5.74) is -1.07. The van der Waals surface area contributed by atoms with Gasteiger partial charge in [0.2, 0.25) is 5.91 Å². The van der Waals surface area contributed by atoms with Crippen LogP contribution in [0.3, 0.4) is 0 Å². The number of carbonyl (C=O) groups excluding carboxylic acids is 1. The molecule has 0 aliphatic carbocycles. The molecule has 0 aliphatic heterocycles. The number of hydrogen-bond acceptors (Lipinski definition) is 4. The highest BCUT2D eigenvalue weighted by atomic mass is 35.5. The number of pyridine rings is 1. The molecule has 11 heteroatoms. The third kappa shape index (κ3) is 3.86. The number of hydrogen-bond donors (Lipinski definition) is 1. The normalized spacial score (nSPS) is 11.7. The lowest BCUT2D eigenvalue weighted by Gasteiger charge is -2.16. The standard InChI is InChI=1S/C17H14ClF4N5O/c1-26(2)13(28)7-27-8-24-15-12(27)3-4-23-16(15)25-14-10(17(20,21)22)5-9(19)6-11(14)18/h3-6,8H,7H2,1-2H3,(H,23,25). The minimum atomic E-state index is -4.83. The maximum Gasteiger partial charge on any atom is 0.418 e. The third-order valence-electron chi connectivity index (χ3n) is 3.95. The number of nitrogens with zero attached hydrogens (tertiary/aromatic N) is 4. The second kappa shape index (κ2) is 7.27. The molecular formula is C17H14ClF4N5O. The predicted octanol–water partition coefficient (Wildman–Crippen LogP) is 4.07. The van der Waals surface area contributed by atoms with Crippen LogP contribution in [0.25, 0.3) is 11.0 Å². The molecule has 0 unspecified atom stereocenters. The van der Waals surface area contributed by atoms with Crippen molar-refractivity contribution in [3.05, 3.63) is 47.1 Å². The van der Waals surface area contributed by atoms with E-state index in [1.165, 1.54) is 17.4 Å². The number of carbonyl (C=O) groups is 1. The molecule has 0 spiro atoms. The number of likely N-dealkylation sites (N-methyl/N-ethyl adjacent to an activating group) is 1. The summed E-state index contributed by atoms with van der Waals surface area (Å²) in [6.07, 6.45) is -2.09. The molecule has 0 saturated carbocycles. The van der Waals surface area contributed by atoms with Gasteiger partial charge in [-0.25, -0.2) is 14.4 Å². The topological polar surface area (TPSA) is 63.1 Å². The lowest BCUT2D eigenvalue weighted by atomic mass is 10.1. The summed E-state index contributed by atoms with van der Waals surface area (Å²) in [4.78, 5) is 21.5. The van der Waals surface area contributed by atoms with Gasteiger partial charge in [-0.1, -0.05) is 11.6 Å². The van der Waals surface area contributed by atoms with E-state index < -0.39 is 28.3 Å². The molecule has 0 aliphatic rings. The molecule has 6 nitrogen and oxygen atoms in total. The summed E-state index contributed by atoms with van der Waals surface area (Å²) in [6.45, 7) is -0.00193. The molecule has 28 heavy (non-hydrogen) atoms. The number of fused-ring (bicyclic) bond motifs is 1. The maximum atomic E-state index is 13.4. The van der Waals surface area contributed by atoms with Crippen molar-refractivity contribution in [2.45, 2.75) is 12.7 Å². The van der Waals surface area contributed by atoms with Crippen LogP contribution in [0.15, 0.2) is 30.7 Å². The monoisotopic (exact) mass is 415 g/mol. The van der Waals surface area contributed by atoms with Crippen molar-refractivity contribution in [1.29, 1.82) is 0 Å². The van der Waals surface area contributed by atoms with Gasteiger partial charge in [-0.15, -0.1) is 0 Å². The summed E-state index contributed by atoms with van der Waals surface area (Å²) >= 11 is 5.84. The number of alkyl halides is 3. The van der Waals surface area contributed by atoms with Crippen LogP contribution in [0, 0.1) is 5.82 Å². The molecule has 1 aromatic carbocycles. The Labute approximate surface area is 161 Å². The van der Waals surface area contributed by atoms with Crippen molar-refractivity contribution in [1.82, 2.24) is 19.4 Å². The zero-order valence-electron chi connectivity index (χ0n) is 14.7. The lowest BCUT2D eigenvalue weighted by molar-refractivity contribution is -0.137. The fourth-order valence-electron chi connectivity index (χ4n) is 2.54. The van der Waals surface area contributed by atoms with Gasteiger partial charge in [0.15, 0.2) is 5.82 Å². The van der Waals surface area contributed by atoms with Gasteiger partial charge in [0.05, 0.1) is 28.1 Å². The van der Waals surface area contributed by atoms with E-state index in [2.05, 4.69) is 15.3 Å². The largest absolute Gasteiger partial charge is 0.418 e. The van der Waals surface area contributed by atoms with E-state index in [1.807, 2.05) is 0 Å². The van der Waals surface area contributed by atoms with Crippen molar-refractivity contribution in [3.63, 3.8) is 0 Å². The summed E-state index contributed by atoms with van der Waals surface area (Å²) in [6, 6.07) is 2.70. The number of halogens is 5. The summed E-state index contributed by atoms with van der Waals surface area (Å²) in [7, 11) is 3.20. The highest BCUT2D eigenvalue weighted by Crippen LogP contribution is 2.41. The minimum absolute atomic E-state index is 0.00193. The van der Waals surface area contributed by atoms with E-state index in [-0.39, 0.29) is 23.8 Å². The summed E-state index contributed by atoms with van der Waals surface area (Å²) in [5, 5.41) is 2.06. The average molecular weight is 416 g/mol. The molecule has 1 N–H and O–H groups in total. The molecule has 0 bridgehead atoms. The molecule has 3 aromatic rings. The highest BCUT2D eigenvalue weighted by molar-refractivity contribution is 6.33. The Morgan fingerprint density at radius 3 is 2.64 bits per heavy atom. The molecule has 1 amide bonds. The van der Waals surface area contributed by atoms with Crippen molar-refractivity contribution in [2.24, 2.45) is 0 Å². The van der Waals surface area contributed by atoms with Gasteiger partial charge in [-0.05, 0) is 18.2 Å². The van der Waals surface area contributed by atoms with E-state index in [9.17, 15) is 22.4 Å². The number of rotatable bonds is 4. The Bertz CT molecular complexity index is 1050. The van der Waals surface area contributed by atoms with Crippen LogP contribution in [0.4, 0.5) is 29.1 Å². The van der Waals surface area contributed by atoms with Gasteiger partial charge in [0.1, 0.15) is 17.9 Å². The van der Waals surface area contributed by atoms with E-state index in [0.29, 0.717) is 11.6 Å². The Balaban J connectivity index is 2.05. The highest BCUT2D eigenvalue weighted by Gasteiger charge is 2.35. The van der Waals surface area contributed by atoms with Crippen molar-refractivity contribution in [2.75, 3.05) is 19.4 Å². The molecule has 3 rings (SSSR count). The van der Waals surface area contributed by atoms with Crippen molar-refractivity contribution >= 4 is 40.0 Å². The van der Waals surface area contributed by atoms with Crippen LogP contribution in [0.5, 0.6) is 0 Å². The van der Waals surface area contributed by atoms with Gasteiger partial charge >= 0.3 is 6.18 Å². The van der Waals surface area contributed by atoms with Crippen LogP contribution in [0.1, 0.15) is 5.56 Å². The van der Waals surface area contributed by atoms with Crippen LogP contribution in [-0.4, -0.2) is 39.4 Å². The second-order valence-corrected chi connectivity index (χ2v) is 6.53. The fraction of sp³-hybridized carbons (Fsp3) is 0.235. The van der Waals surface area contributed by atoms with E-state index in [4.69, 9.17) is 11.6 Å². The van der Waals surface area contributed by atoms with E-state index in [0.717, 1.165) is 6.07 Å². The molecule has 148 valence electrons. The molecule has 0 saturated heterocycles. The fourth-order valence-corrected chi connectivity index (χ4v) is 2.79. The number of amides is 1. The smallest absolute Gasteiger partial charge is 0.347 e. The number of imidazole rings is 1. The number of anilines is 2. The van der Waals surface area contributed by atoms with E-state index in [1.54, 1.807) is 24.7 Å². The first-order valence-electron chi connectivity index (χ1n) is 7.91. The molecule has 0 atom stereocenters. The SMILES string of the molecule is CN(C)C(=O)Cn1cnc2c(Nc3c(Cl)cc(F)cc3C(F)(F)F)nccc21. The minimum Gasteiger partial charge on any atom is -0.347 e. The molecule has 2 heterocycles. The average Bonchev–Trinajstić information content (AvgIpc) is 3.00. The third-order valence-corrected chi connectivity index (χ3v) is 4.24. The first kappa shape index (κ1) is 19.9. The van der Waals surface area contributed by atoms with Gasteiger partial charge in [-0.3, -0.25) is 4.79 Å². The van der Waals surface area contributed by atoms with Gasteiger partial charge in [-0.2, -0.15) is 13.2 Å². The number of benzene rings is 1. The van der Waals surface area contributed by atoms with Crippen molar-refractivity contribution < 1.29 is 22.4 Å². The Morgan fingerprint density at radius 1 is 1.29 bits per heavy atom. The zero-order chi connectivity index (χ0) is 20.6. The second-order valence-electron chi connectivity index (χ2n) is 6.12. The van der Waals surface area contributed by atoms with E-state index >= 15 is 0 Å². The predicted molar refractivity (Wildman–Crippen MR) is 95.9 cm³/mol. The Kier molecular flexibility index (Phi) is 5.16. The molecule has 0 fully saturated rings. The van der Waals surface area contributed by atoms with Gasteiger partial charge in [0.25, 0.3) is 0 Å². The van der Waals surface area contributed by atoms with Crippen LogP contribution in [0.2, 0.25) is 5.02 Å². The first-order chi connectivity index (χ1) is 13.1. The van der Waals surface area contributed by atoms with Crippen LogP contribution < -0.4 is 5.32 Å². The first-order valence-corrected chi connectivity index (χ1v) is 8.29. The lowest BCUT2D eigenvalue weighted by Crippen LogP contribution is -2.25. The van der Waals surface area contributed by atoms with Gasteiger partial charge in [0, 0.05) is 20.3 Å². The Morgan fingerprint density at radius 2 is 2.00 bits per heavy atom. The number of nitrogens with one attached hydrogen (secondary N) is 1. The zero-order valence-corrected chi connectivity index (χ0v) is 15.4. The van der Waals surface area contributed by atoms with Gasteiger partial charge < -0.3 is 14.8 Å². The number of aromatic nitrogens is 3. The van der Waals surface area contributed by atoms with Crippen LogP contribution >= 0.6 is 11.6 Å². The summed E-state index contributed by atoms with van der Waals surface area (Å²) < 4.78 is 54.9. The van der Waals surface area contributed by atoms with Crippen molar-refractivity contribution in [3.8, 4) is 0 Å². The molecule has 0 radical (unpaired) electrons.